The average molecular weight is 400 g/mol. The molecule has 0 bridgehead atoms. The summed E-state index contributed by atoms with van der Waals surface area (Å²) < 4.78 is 27.5. The highest BCUT2D eigenvalue weighted by Crippen LogP contribution is 2.22. The maximum atomic E-state index is 12.5. The van der Waals surface area contributed by atoms with Crippen molar-refractivity contribution in [2.24, 2.45) is 0 Å². The number of aromatic nitrogens is 1. The zero-order valence-corrected chi connectivity index (χ0v) is 15.7. The number of carbonyl (C=O) groups is 1. The van der Waals surface area contributed by atoms with Crippen LogP contribution in [0.1, 0.15) is 16.1 Å². The normalized spacial score (nSPS) is 10.8. The molecule has 3 aromatic rings. The Balaban J connectivity index is 1.73. The van der Waals surface area contributed by atoms with E-state index in [1.165, 1.54) is 18.2 Å². The third kappa shape index (κ3) is 4.52. The Kier molecular flexibility index (Phi) is 5.53. The molecule has 0 saturated carbocycles. The molecule has 2 heterocycles. The molecule has 1 aromatic carbocycles. The molecule has 0 saturated heterocycles. The molecule has 2 aromatic heterocycles. The van der Waals surface area contributed by atoms with E-state index in [1.54, 1.807) is 48.0 Å². The fourth-order valence-corrected chi connectivity index (χ4v) is 4.26. The number of amides is 1. The van der Waals surface area contributed by atoms with Gasteiger partial charge >= 0.3 is 0 Å². The molecule has 0 radical (unpaired) electrons. The molecule has 7 nitrogen and oxygen atoms in total. The third-order valence-corrected chi connectivity index (χ3v) is 6.24. The Labute approximate surface area is 160 Å². The van der Waals surface area contributed by atoms with Gasteiger partial charge in [0.05, 0.1) is 22.6 Å². The molecule has 0 fully saturated rings. The van der Waals surface area contributed by atoms with E-state index < -0.39 is 15.9 Å². The Morgan fingerprint density at radius 3 is 2.48 bits per heavy atom. The van der Waals surface area contributed by atoms with Gasteiger partial charge in [-0.1, -0.05) is 30.8 Å². The van der Waals surface area contributed by atoms with Gasteiger partial charge in [-0.05, 0) is 35.7 Å². The Morgan fingerprint density at radius 1 is 1.00 bits per heavy atom. The summed E-state index contributed by atoms with van der Waals surface area (Å²) >= 11 is 1.09. The fourth-order valence-electron chi connectivity index (χ4n) is 2.19. The molecule has 27 heavy (non-hydrogen) atoms. The number of thiophene rings is 1. The number of sulfonamides is 1. The van der Waals surface area contributed by atoms with Crippen LogP contribution < -0.4 is 15.6 Å². The number of benzene rings is 1. The predicted molar refractivity (Wildman–Crippen MR) is 105 cm³/mol. The van der Waals surface area contributed by atoms with E-state index in [-0.39, 0.29) is 15.5 Å². The molecule has 0 aliphatic heterocycles. The molecule has 0 spiro atoms. The molecule has 1 amide bonds. The Morgan fingerprint density at radius 2 is 1.78 bits per heavy atom. The van der Waals surface area contributed by atoms with Gasteiger partial charge in [0.25, 0.3) is 15.9 Å². The van der Waals surface area contributed by atoms with Crippen LogP contribution in [-0.2, 0) is 10.0 Å². The van der Waals surface area contributed by atoms with Gasteiger partial charge in [0.15, 0.2) is 0 Å². The molecule has 9 heteroatoms. The lowest BCUT2D eigenvalue weighted by atomic mass is 10.2. The zero-order valence-electron chi connectivity index (χ0n) is 14.0. The van der Waals surface area contributed by atoms with Gasteiger partial charge in [0, 0.05) is 6.20 Å². The molecular formula is C18H16N4O3S2. The monoisotopic (exact) mass is 400 g/mol. The number of carbonyl (C=O) groups excluding carboxylic acids is 1. The topological polar surface area (TPSA) is 100 Å². The van der Waals surface area contributed by atoms with Crippen LogP contribution >= 0.6 is 11.3 Å². The van der Waals surface area contributed by atoms with E-state index in [0.29, 0.717) is 11.4 Å². The number of rotatable bonds is 7. The van der Waals surface area contributed by atoms with Crippen LogP contribution in [0.5, 0.6) is 0 Å². The number of anilines is 1. The quantitative estimate of drug-likeness (QED) is 0.530. The van der Waals surface area contributed by atoms with Gasteiger partial charge in [0.1, 0.15) is 4.21 Å². The number of hydrazine groups is 1. The van der Waals surface area contributed by atoms with Crippen LogP contribution in [0, 0.1) is 0 Å². The maximum Gasteiger partial charge on any atom is 0.271 e. The van der Waals surface area contributed by atoms with Gasteiger partial charge in [-0.3, -0.25) is 25.4 Å². The first-order valence-corrected chi connectivity index (χ1v) is 10.2. The van der Waals surface area contributed by atoms with Crippen molar-refractivity contribution in [3.05, 3.63) is 84.0 Å². The van der Waals surface area contributed by atoms with Crippen molar-refractivity contribution in [3.63, 3.8) is 0 Å². The summed E-state index contributed by atoms with van der Waals surface area (Å²) in [5.74, 6) is -0.517. The van der Waals surface area contributed by atoms with E-state index in [9.17, 15) is 13.2 Å². The van der Waals surface area contributed by atoms with E-state index in [0.717, 1.165) is 11.3 Å². The second-order valence-electron chi connectivity index (χ2n) is 5.36. The van der Waals surface area contributed by atoms with Crippen LogP contribution in [-0.4, -0.2) is 19.3 Å². The summed E-state index contributed by atoms with van der Waals surface area (Å²) in [5, 5.41) is 1.67. The molecule has 0 unspecified atom stereocenters. The van der Waals surface area contributed by atoms with Crippen molar-refractivity contribution in [3.8, 4) is 0 Å². The van der Waals surface area contributed by atoms with Crippen LogP contribution in [0.25, 0.3) is 5.70 Å². The van der Waals surface area contributed by atoms with Crippen LogP contribution in [0.4, 0.5) is 5.69 Å². The lowest BCUT2D eigenvalue weighted by molar-refractivity contribution is 0.0943. The summed E-state index contributed by atoms with van der Waals surface area (Å²) in [6.45, 7) is 3.81. The minimum Gasteiger partial charge on any atom is -0.297 e. The SMILES string of the molecule is C=C(NNC(=O)c1ccccc1NS(=O)(=O)c1cccs1)c1ccccn1. The summed E-state index contributed by atoms with van der Waals surface area (Å²) in [4.78, 5) is 16.6. The van der Waals surface area contributed by atoms with E-state index in [1.807, 2.05) is 0 Å². The summed E-state index contributed by atoms with van der Waals surface area (Å²) in [6, 6.07) is 14.8. The summed E-state index contributed by atoms with van der Waals surface area (Å²) in [5.41, 5.74) is 6.50. The standard InChI is InChI=1S/C18H16N4O3S2/c1-13(15-8-4-5-11-19-15)20-21-18(23)14-7-2-3-9-16(14)22-27(24,25)17-10-6-12-26-17/h2-12,20,22H,1H2,(H,21,23). The first-order chi connectivity index (χ1) is 13.0. The first-order valence-electron chi connectivity index (χ1n) is 7.79. The van der Waals surface area contributed by atoms with Crippen LogP contribution in [0.2, 0.25) is 0 Å². The highest BCUT2D eigenvalue weighted by molar-refractivity contribution is 7.94. The highest BCUT2D eigenvalue weighted by atomic mass is 32.2. The lowest BCUT2D eigenvalue weighted by Gasteiger charge is -2.14. The lowest BCUT2D eigenvalue weighted by Crippen LogP contribution is -2.36. The van der Waals surface area contributed by atoms with Gasteiger partial charge in [-0.15, -0.1) is 11.3 Å². The van der Waals surface area contributed by atoms with Crippen molar-refractivity contribution >= 4 is 38.7 Å². The molecule has 3 N–H and O–H groups in total. The predicted octanol–water partition coefficient (Wildman–Crippen LogP) is 2.85. The molecule has 0 aliphatic rings. The molecular weight excluding hydrogens is 384 g/mol. The highest BCUT2D eigenvalue weighted by Gasteiger charge is 2.19. The van der Waals surface area contributed by atoms with Gasteiger partial charge in [0.2, 0.25) is 0 Å². The minimum atomic E-state index is -3.76. The average Bonchev–Trinajstić information content (AvgIpc) is 3.22. The largest absolute Gasteiger partial charge is 0.297 e. The van der Waals surface area contributed by atoms with Gasteiger partial charge in [-0.25, -0.2) is 8.42 Å². The summed E-state index contributed by atoms with van der Waals surface area (Å²) in [7, 11) is -3.76. The van der Waals surface area contributed by atoms with E-state index >= 15 is 0 Å². The van der Waals surface area contributed by atoms with Crippen molar-refractivity contribution in [1.29, 1.82) is 0 Å². The minimum absolute atomic E-state index is 0.166. The zero-order chi connectivity index (χ0) is 19.3. The first kappa shape index (κ1) is 18.6. The second-order valence-corrected chi connectivity index (χ2v) is 8.21. The maximum absolute atomic E-state index is 12.5. The third-order valence-electron chi connectivity index (χ3n) is 3.48. The molecule has 0 aliphatic carbocycles. The van der Waals surface area contributed by atoms with Crippen molar-refractivity contribution < 1.29 is 13.2 Å². The van der Waals surface area contributed by atoms with Crippen molar-refractivity contribution in [1.82, 2.24) is 15.8 Å². The van der Waals surface area contributed by atoms with E-state index in [4.69, 9.17) is 0 Å². The molecule has 138 valence electrons. The number of para-hydroxylation sites is 1. The summed E-state index contributed by atoms with van der Waals surface area (Å²) in [6.07, 6.45) is 1.61. The number of hydrogen-bond donors (Lipinski definition) is 3. The van der Waals surface area contributed by atoms with Crippen molar-refractivity contribution in [2.45, 2.75) is 4.21 Å². The fraction of sp³-hybridized carbons (Fsp3) is 0. The van der Waals surface area contributed by atoms with Crippen LogP contribution in [0.3, 0.4) is 0 Å². The number of nitrogens with one attached hydrogen (secondary N) is 3. The van der Waals surface area contributed by atoms with Gasteiger partial charge < -0.3 is 0 Å². The smallest absolute Gasteiger partial charge is 0.271 e. The molecule has 0 atom stereocenters. The van der Waals surface area contributed by atoms with Crippen LogP contribution in [0.15, 0.2) is 77.0 Å². The number of nitrogens with zero attached hydrogens (tertiary/aromatic N) is 1. The Hall–Kier alpha value is -3.17. The van der Waals surface area contributed by atoms with E-state index in [2.05, 4.69) is 27.1 Å². The number of pyridine rings is 1. The van der Waals surface area contributed by atoms with Crippen molar-refractivity contribution in [2.75, 3.05) is 4.72 Å². The Bertz CT molecular complexity index is 1050. The number of hydrogen-bond acceptors (Lipinski definition) is 6. The second kappa shape index (κ2) is 8.02. The van der Waals surface area contributed by atoms with Gasteiger partial charge in [-0.2, -0.15) is 0 Å². The molecule has 3 rings (SSSR count).